The Morgan fingerprint density at radius 2 is 1.52 bits per heavy atom. The number of methoxy groups -OCH3 is 1. The van der Waals surface area contributed by atoms with Crippen molar-refractivity contribution >= 4 is 16.1 Å². The van der Waals surface area contributed by atoms with Gasteiger partial charge in [-0.05, 0) is 74.5 Å². The quantitative estimate of drug-likeness (QED) is 0.325. The second-order valence-electron chi connectivity index (χ2n) is 10.7. The molecule has 214 valence electrons. The van der Waals surface area contributed by atoms with Gasteiger partial charge in [0, 0.05) is 25.6 Å². The molecule has 40 heavy (non-hydrogen) atoms. The van der Waals surface area contributed by atoms with Gasteiger partial charge in [-0.2, -0.15) is 0 Å². The number of amides is 1. The first-order valence-electron chi connectivity index (χ1n) is 14.0. The van der Waals surface area contributed by atoms with Crippen LogP contribution in [0, 0.1) is 0 Å². The molecule has 1 fully saturated rings. The number of likely N-dealkylation sites (tertiary alicyclic amines) is 1. The standard InChI is InChI=1S/C32H41N3O4S/c1-34(40(37,38)30-18-10-5-11-19-30)25-28(27-13-6-3-7-14-27)15-12-22-35-23-20-32(21-24-35,26-33-31(36)39-2)29-16-8-4-9-17-29/h3-11,13-14,16-19,28H,12,15,20-26H2,1-2H3,(H,33,36). The van der Waals surface area contributed by atoms with Crippen molar-refractivity contribution in [3.05, 3.63) is 102 Å². The number of alkyl carbamates (subject to hydrolysis) is 1. The fourth-order valence-corrected chi connectivity index (χ4v) is 6.95. The summed E-state index contributed by atoms with van der Waals surface area (Å²) in [5.74, 6) is 0.0992. The highest BCUT2D eigenvalue weighted by Crippen LogP contribution is 2.35. The first-order valence-corrected chi connectivity index (χ1v) is 15.4. The molecule has 0 bridgehead atoms. The number of carbonyl (C=O) groups excluding carboxylic acids is 1. The molecule has 0 aliphatic carbocycles. The maximum Gasteiger partial charge on any atom is 0.406 e. The van der Waals surface area contributed by atoms with E-state index in [1.807, 2.05) is 30.3 Å². The Balaban J connectivity index is 1.37. The number of carbonyl (C=O) groups is 1. The monoisotopic (exact) mass is 563 g/mol. The van der Waals surface area contributed by atoms with Crippen molar-refractivity contribution in [3.8, 4) is 0 Å². The Morgan fingerprint density at radius 3 is 2.12 bits per heavy atom. The average molecular weight is 564 g/mol. The summed E-state index contributed by atoms with van der Waals surface area (Å²) in [5.41, 5.74) is 2.29. The Hall–Kier alpha value is -3.20. The first-order chi connectivity index (χ1) is 19.3. The van der Waals surface area contributed by atoms with Crippen molar-refractivity contribution in [2.24, 2.45) is 0 Å². The Morgan fingerprint density at radius 1 is 0.950 bits per heavy atom. The number of piperidine rings is 1. The van der Waals surface area contributed by atoms with Gasteiger partial charge in [-0.25, -0.2) is 17.5 Å². The minimum Gasteiger partial charge on any atom is -0.453 e. The van der Waals surface area contributed by atoms with Crippen molar-refractivity contribution in [3.63, 3.8) is 0 Å². The van der Waals surface area contributed by atoms with E-state index < -0.39 is 16.1 Å². The lowest BCUT2D eigenvalue weighted by Gasteiger charge is -2.42. The number of hydrogen-bond donors (Lipinski definition) is 1. The number of likely N-dealkylation sites (N-methyl/N-ethyl adjacent to an activating group) is 1. The van der Waals surface area contributed by atoms with Crippen LogP contribution in [0.2, 0.25) is 0 Å². The predicted octanol–water partition coefficient (Wildman–Crippen LogP) is 5.26. The van der Waals surface area contributed by atoms with Gasteiger partial charge in [0.2, 0.25) is 10.0 Å². The van der Waals surface area contributed by atoms with E-state index in [1.54, 1.807) is 31.3 Å². The number of rotatable bonds is 12. The molecule has 1 heterocycles. The summed E-state index contributed by atoms with van der Waals surface area (Å²) >= 11 is 0. The second kappa shape index (κ2) is 13.9. The molecule has 0 spiro atoms. The van der Waals surface area contributed by atoms with E-state index >= 15 is 0 Å². The zero-order valence-electron chi connectivity index (χ0n) is 23.5. The van der Waals surface area contributed by atoms with Gasteiger partial charge in [-0.15, -0.1) is 0 Å². The summed E-state index contributed by atoms with van der Waals surface area (Å²) in [5, 5.41) is 2.94. The van der Waals surface area contributed by atoms with Crippen LogP contribution in [0.15, 0.2) is 95.9 Å². The van der Waals surface area contributed by atoms with Crippen molar-refractivity contribution < 1.29 is 17.9 Å². The SMILES string of the molecule is COC(=O)NCC1(c2ccccc2)CCN(CCCC(CN(C)S(=O)(=O)c2ccccc2)c2ccccc2)CC1. The fraction of sp³-hybridized carbons (Fsp3) is 0.406. The summed E-state index contributed by atoms with van der Waals surface area (Å²) in [4.78, 5) is 14.7. The second-order valence-corrected chi connectivity index (χ2v) is 12.7. The van der Waals surface area contributed by atoms with E-state index in [0.29, 0.717) is 18.0 Å². The van der Waals surface area contributed by atoms with Gasteiger partial charge in [-0.1, -0.05) is 78.9 Å². The molecule has 1 aliphatic rings. The van der Waals surface area contributed by atoms with Crippen LogP contribution in [0.3, 0.4) is 0 Å². The molecule has 1 N–H and O–H groups in total. The summed E-state index contributed by atoms with van der Waals surface area (Å²) < 4.78 is 32.7. The van der Waals surface area contributed by atoms with Crippen molar-refractivity contribution in [2.75, 3.05) is 46.9 Å². The lowest BCUT2D eigenvalue weighted by molar-refractivity contribution is 0.141. The number of hydrogen-bond acceptors (Lipinski definition) is 5. The van der Waals surface area contributed by atoms with E-state index in [-0.39, 0.29) is 11.3 Å². The van der Waals surface area contributed by atoms with Crippen molar-refractivity contribution in [2.45, 2.75) is 41.9 Å². The minimum absolute atomic E-state index is 0.0992. The highest BCUT2D eigenvalue weighted by Gasteiger charge is 2.36. The van der Waals surface area contributed by atoms with Crippen LogP contribution >= 0.6 is 0 Å². The molecule has 1 atom stereocenters. The number of sulfonamides is 1. The molecule has 1 aliphatic heterocycles. The van der Waals surface area contributed by atoms with Crippen molar-refractivity contribution in [1.29, 1.82) is 0 Å². The third kappa shape index (κ3) is 7.50. The molecule has 4 rings (SSSR count). The Labute approximate surface area is 239 Å². The van der Waals surface area contributed by atoms with Crippen LogP contribution in [0.25, 0.3) is 0 Å². The van der Waals surface area contributed by atoms with Gasteiger partial charge in [0.05, 0.1) is 12.0 Å². The van der Waals surface area contributed by atoms with Crippen LogP contribution in [0.4, 0.5) is 4.79 Å². The molecule has 1 unspecified atom stereocenters. The molecule has 1 amide bonds. The van der Waals surface area contributed by atoms with Crippen LogP contribution in [-0.2, 0) is 20.2 Å². The summed E-state index contributed by atoms with van der Waals surface area (Å²) in [6, 6.07) is 29.3. The van der Waals surface area contributed by atoms with Crippen molar-refractivity contribution in [1.82, 2.24) is 14.5 Å². The molecule has 0 saturated carbocycles. The van der Waals surface area contributed by atoms with Crippen LogP contribution in [0.5, 0.6) is 0 Å². The van der Waals surface area contributed by atoms with Crippen LogP contribution in [-0.4, -0.2) is 70.6 Å². The smallest absolute Gasteiger partial charge is 0.406 e. The van der Waals surface area contributed by atoms with Crippen LogP contribution < -0.4 is 5.32 Å². The van der Waals surface area contributed by atoms with Gasteiger partial charge in [-0.3, -0.25) is 0 Å². The maximum absolute atomic E-state index is 13.2. The van der Waals surface area contributed by atoms with Gasteiger partial charge in [0.15, 0.2) is 0 Å². The predicted molar refractivity (Wildman–Crippen MR) is 159 cm³/mol. The highest BCUT2D eigenvalue weighted by atomic mass is 32.2. The van der Waals surface area contributed by atoms with Gasteiger partial charge < -0.3 is 15.0 Å². The third-order valence-corrected chi connectivity index (χ3v) is 10.0. The zero-order valence-corrected chi connectivity index (χ0v) is 24.4. The first kappa shape index (κ1) is 29.8. The summed E-state index contributed by atoms with van der Waals surface area (Å²) in [6.07, 6.45) is 3.35. The lowest BCUT2D eigenvalue weighted by Crippen LogP contribution is -2.49. The molecule has 3 aromatic rings. The van der Waals surface area contributed by atoms with E-state index in [9.17, 15) is 13.2 Å². The molecule has 0 radical (unpaired) electrons. The maximum atomic E-state index is 13.2. The number of ether oxygens (including phenoxy) is 1. The average Bonchev–Trinajstić information content (AvgIpc) is 3.01. The van der Waals surface area contributed by atoms with Gasteiger partial charge in [0.1, 0.15) is 0 Å². The zero-order chi connectivity index (χ0) is 28.4. The summed E-state index contributed by atoms with van der Waals surface area (Å²) in [6.45, 7) is 3.81. The van der Waals surface area contributed by atoms with E-state index in [0.717, 1.165) is 50.9 Å². The van der Waals surface area contributed by atoms with E-state index in [1.165, 1.54) is 17.0 Å². The largest absolute Gasteiger partial charge is 0.453 e. The number of benzene rings is 3. The lowest BCUT2D eigenvalue weighted by atomic mass is 9.72. The summed E-state index contributed by atoms with van der Waals surface area (Å²) in [7, 11) is -0.488. The Kier molecular flexibility index (Phi) is 10.4. The number of nitrogens with one attached hydrogen (secondary N) is 1. The Bertz CT molecular complexity index is 1300. The molecular weight excluding hydrogens is 522 g/mol. The third-order valence-electron chi connectivity index (χ3n) is 8.18. The molecular formula is C32H41N3O4S. The minimum atomic E-state index is -3.56. The topological polar surface area (TPSA) is 79.0 Å². The molecule has 3 aromatic carbocycles. The molecule has 0 aromatic heterocycles. The molecule has 1 saturated heterocycles. The van der Waals surface area contributed by atoms with E-state index in [2.05, 4.69) is 46.6 Å². The van der Waals surface area contributed by atoms with Crippen LogP contribution in [0.1, 0.15) is 42.7 Å². The van der Waals surface area contributed by atoms with Gasteiger partial charge in [0.25, 0.3) is 0 Å². The highest BCUT2D eigenvalue weighted by molar-refractivity contribution is 7.89. The normalized spacial score (nSPS) is 16.4. The molecule has 7 nitrogen and oxygen atoms in total. The number of nitrogens with zero attached hydrogens (tertiary/aromatic N) is 2. The molecule has 8 heteroatoms. The van der Waals surface area contributed by atoms with Gasteiger partial charge >= 0.3 is 6.09 Å². The fourth-order valence-electron chi connectivity index (χ4n) is 5.71. The van der Waals surface area contributed by atoms with E-state index in [4.69, 9.17) is 4.74 Å².